The van der Waals surface area contributed by atoms with Crippen LogP contribution >= 0.6 is 0 Å². The van der Waals surface area contributed by atoms with E-state index in [4.69, 9.17) is 9.97 Å². The van der Waals surface area contributed by atoms with Gasteiger partial charge < -0.3 is 10.6 Å². The molecule has 0 fully saturated rings. The van der Waals surface area contributed by atoms with Crippen molar-refractivity contribution in [3.63, 3.8) is 0 Å². The number of anilines is 3. The van der Waals surface area contributed by atoms with Crippen molar-refractivity contribution in [2.75, 3.05) is 17.2 Å². The summed E-state index contributed by atoms with van der Waals surface area (Å²) in [5.74, 6) is 1.34. The maximum absolute atomic E-state index is 4.72. The van der Waals surface area contributed by atoms with Gasteiger partial charge >= 0.3 is 0 Å². The number of nitrogens with zero attached hydrogens (tertiary/aromatic N) is 4. The Morgan fingerprint density at radius 1 is 0.964 bits per heavy atom. The van der Waals surface area contributed by atoms with E-state index in [2.05, 4.69) is 54.7 Å². The van der Waals surface area contributed by atoms with Crippen LogP contribution in [0.25, 0.3) is 16.7 Å². The highest BCUT2D eigenvalue weighted by Crippen LogP contribution is 2.27. The Bertz CT molecular complexity index is 1080. The lowest BCUT2D eigenvalue weighted by Crippen LogP contribution is -2.08. The molecular formula is C22H24N6. The molecule has 0 atom stereocenters. The van der Waals surface area contributed by atoms with Crippen LogP contribution in [0.3, 0.4) is 0 Å². The minimum atomic E-state index is 0.596. The van der Waals surface area contributed by atoms with Crippen LogP contribution in [0.4, 0.5) is 17.5 Å². The molecule has 4 aromatic rings. The zero-order valence-corrected chi connectivity index (χ0v) is 16.4. The van der Waals surface area contributed by atoms with Crippen LogP contribution in [-0.2, 0) is 0 Å². The fraction of sp³-hybridized carbons (Fsp3) is 0.227. The molecule has 0 unspecified atom stereocenters. The lowest BCUT2D eigenvalue weighted by Gasteiger charge is -2.12. The molecule has 0 amide bonds. The Kier molecular flexibility index (Phi) is 4.93. The molecule has 4 rings (SSSR count). The fourth-order valence-corrected chi connectivity index (χ4v) is 3.26. The quantitative estimate of drug-likeness (QED) is 0.499. The molecule has 6 nitrogen and oxygen atoms in total. The number of hydrogen-bond donors (Lipinski definition) is 2. The van der Waals surface area contributed by atoms with Crippen LogP contribution in [0.1, 0.15) is 24.5 Å². The number of benzene rings is 2. The van der Waals surface area contributed by atoms with Crippen molar-refractivity contribution in [1.29, 1.82) is 0 Å². The summed E-state index contributed by atoms with van der Waals surface area (Å²) in [6, 6.07) is 16.4. The summed E-state index contributed by atoms with van der Waals surface area (Å²) in [5, 5.41) is 12.2. The minimum Gasteiger partial charge on any atom is -0.354 e. The average molecular weight is 372 g/mol. The van der Waals surface area contributed by atoms with E-state index in [9.17, 15) is 0 Å². The Labute approximate surface area is 164 Å². The summed E-state index contributed by atoms with van der Waals surface area (Å²) in [4.78, 5) is 9.44. The van der Waals surface area contributed by atoms with Gasteiger partial charge in [0.05, 0.1) is 17.3 Å². The van der Waals surface area contributed by atoms with Crippen LogP contribution in [0, 0.1) is 13.8 Å². The first-order chi connectivity index (χ1) is 13.6. The molecule has 0 spiro atoms. The number of hydrogen-bond acceptors (Lipinski definition) is 5. The van der Waals surface area contributed by atoms with Gasteiger partial charge in [-0.25, -0.2) is 4.68 Å². The van der Waals surface area contributed by atoms with Crippen molar-refractivity contribution in [3.05, 3.63) is 65.9 Å². The summed E-state index contributed by atoms with van der Waals surface area (Å²) in [6.45, 7) is 7.12. The van der Waals surface area contributed by atoms with E-state index in [0.717, 1.165) is 41.2 Å². The highest BCUT2D eigenvalue weighted by atomic mass is 15.3. The van der Waals surface area contributed by atoms with Gasteiger partial charge in [-0.1, -0.05) is 31.2 Å². The van der Waals surface area contributed by atoms with E-state index >= 15 is 0 Å². The molecule has 2 aromatic carbocycles. The summed E-state index contributed by atoms with van der Waals surface area (Å²) in [6.07, 6.45) is 2.82. The molecule has 0 aliphatic heterocycles. The number of aryl methyl sites for hydroxylation is 2. The van der Waals surface area contributed by atoms with Gasteiger partial charge in [0.1, 0.15) is 5.82 Å². The van der Waals surface area contributed by atoms with Crippen LogP contribution in [0.2, 0.25) is 0 Å². The summed E-state index contributed by atoms with van der Waals surface area (Å²) in [7, 11) is 0. The van der Waals surface area contributed by atoms with Gasteiger partial charge in [-0.2, -0.15) is 15.1 Å². The summed E-state index contributed by atoms with van der Waals surface area (Å²) < 4.78 is 1.85. The van der Waals surface area contributed by atoms with E-state index in [-0.39, 0.29) is 0 Å². The van der Waals surface area contributed by atoms with E-state index in [1.165, 1.54) is 11.1 Å². The number of nitrogens with one attached hydrogen (secondary N) is 2. The lowest BCUT2D eigenvalue weighted by atomic mass is 10.1. The van der Waals surface area contributed by atoms with E-state index in [1.54, 1.807) is 0 Å². The second kappa shape index (κ2) is 7.68. The molecule has 2 aromatic heterocycles. The fourth-order valence-electron chi connectivity index (χ4n) is 3.26. The zero-order valence-electron chi connectivity index (χ0n) is 16.4. The monoisotopic (exact) mass is 372 g/mol. The predicted octanol–water partition coefficient (Wildman–Crippen LogP) is 5.00. The third-order valence-corrected chi connectivity index (χ3v) is 4.45. The highest BCUT2D eigenvalue weighted by Gasteiger charge is 2.14. The normalized spacial score (nSPS) is 11.0. The lowest BCUT2D eigenvalue weighted by molar-refractivity contribution is 0.892. The van der Waals surface area contributed by atoms with Gasteiger partial charge in [0.2, 0.25) is 5.95 Å². The molecule has 0 bridgehead atoms. The number of para-hydroxylation sites is 1. The molecule has 28 heavy (non-hydrogen) atoms. The van der Waals surface area contributed by atoms with E-state index in [1.807, 2.05) is 41.2 Å². The van der Waals surface area contributed by atoms with Crippen molar-refractivity contribution >= 4 is 28.5 Å². The largest absolute Gasteiger partial charge is 0.354 e. The van der Waals surface area contributed by atoms with Crippen LogP contribution < -0.4 is 10.6 Å². The van der Waals surface area contributed by atoms with E-state index in [0.29, 0.717) is 5.95 Å². The van der Waals surface area contributed by atoms with Gasteiger partial charge in [-0.15, -0.1) is 0 Å². The maximum Gasteiger partial charge on any atom is 0.226 e. The minimum absolute atomic E-state index is 0.596. The Hall–Kier alpha value is -3.41. The Morgan fingerprint density at radius 2 is 1.71 bits per heavy atom. The van der Waals surface area contributed by atoms with Crippen molar-refractivity contribution in [2.24, 2.45) is 0 Å². The molecule has 0 aliphatic carbocycles. The SMILES string of the molecule is CCCNc1nc(Nc2cc(C)cc(C)c2)c2cnn(-c3ccccc3)c2n1. The van der Waals surface area contributed by atoms with Gasteiger partial charge in [-0.05, 0) is 55.7 Å². The maximum atomic E-state index is 4.72. The van der Waals surface area contributed by atoms with Crippen LogP contribution in [0.5, 0.6) is 0 Å². The highest BCUT2D eigenvalue weighted by molar-refractivity contribution is 5.90. The molecule has 2 N–H and O–H groups in total. The third-order valence-electron chi connectivity index (χ3n) is 4.45. The van der Waals surface area contributed by atoms with Crippen molar-refractivity contribution in [3.8, 4) is 5.69 Å². The topological polar surface area (TPSA) is 67.7 Å². The second-order valence-corrected chi connectivity index (χ2v) is 6.95. The molecule has 0 saturated heterocycles. The standard InChI is InChI=1S/C22H24N6/c1-4-10-23-22-26-20(25-17-12-15(2)11-16(3)13-17)19-14-24-28(21(19)27-22)18-8-6-5-7-9-18/h5-9,11-14H,4,10H2,1-3H3,(H2,23,25,26,27). The third kappa shape index (κ3) is 3.67. The Morgan fingerprint density at radius 3 is 2.43 bits per heavy atom. The first kappa shape index (κ1) is 18.0. The van der Waals surface area contributed by atoms with Gasteiger partial charge in [-0.3, -0.25) is 0 Å². The van der Waals surface area contributed by atoms with Crippen LogP contribution in [0.15, 0.2) is 54.7 Å². The van der Waals surface area contributed by atoms with E-state index < -0.39 is 0 Å². The average Bonchev–Trinajstić information content (AvgIpc) is 3.10. The first-order valence-corrected chi connectivity index (χ1v) is 9.54. The van der Waals surface area contributed by atoms with Crippen molar-refractivity contribution in [1.82, 2.24) is 19.7 Å². The molecule has 2 heterocycles. The summed E-state index contributed by atoms with van der Waals surface area (Å²) >= 11 is 0. The summed E-state index contributed by atoms with van der Waals surface area (Å²) in [5.41, 5.74) is 5.15. The van der Waals surface area contributed by atoms with Gasteiger partial charge in [0.15, 0.2) is 5.65 Å². The van der Waals surface area contributed by atoms with Gasteiger partial charge in [0, 0.05) is 12.2 Å². The first-order valence-electron chi connectivity index (χ1n) is 9.54. The number of aromatic nitrogens is 4. The predicted molar refractivity (Wildman–Crippen MR) is 115 cm³/mol. The molecule has 0 radical (unpaired) electrons. The molecule has 0 aliphatic rings. The smallest absolute Gasteiger partial charge is 0.226 e. The van der Waals surface area contributed by atoms with Gasteiger partial charge in [0.25, 0.3) is 0 Å². The number of rotatable bonds is 6. The number of fused-ring (bicyclic) bond motifs is 1. The molecule has 6 heteroatoms. The van der Waals surface area contributed by atoms with Crippen molar-refractivity contribution < 1.29 is 0 Å². The second-order valence-electron chi connectivity index (χ2n) is 6.95. The van der Waals surface area contributed by atoms with Crippen LogP contribution in [-0.4, -0.2) is 26.3 Å². The van der Waals surface area contributed by atoms with Crippen molar-refractivity contribution in [2.45, 2.75) is 27.2 Å². The Balaban J connectivity index is 1.83. The molecular weight excluding hydrogens is 348 g/mol. The zero-order chi connectivity index (χ0) is 19.5. The molecule has 0 saturated carbocycles. The molecule has 142 valence electrons.